The molecule has 124 valence electrons. The maximum absolute atomic E-state index is 12.2. The van der Waals surface area contributed by atoms with Crippen LogP contribution in [0.4, 0.5) is 4.79 Å². The van der Waals surface area contributed by atoms with Crippen molar-refractivity contribution in [3.05, 3.63) is 23.8 Å². The molecule has 2 rings (SSSR count). The van der Waals surface area contributed by atoms with E-state index in [1.807, 2.05) is 26.8 Å². The van der Waals surface area contributed by atoms with Crippen molar-refractivity contribution in [1.82, 2.24) is 14.9 Å². The third kappa shape index (κ3) is 5.10. The summed E-state index contributed by atoms with van der Waals surface area (Å²) < 4.78 is 5.44. The van der Waals surface area contributed by atoms with Gasteiger partial charge in [0.1, 0.15) is 11.4 Å². The Bertz CT molecular complexity index is 505. The fourth-order valence-electron chi connectivity index (χ4n) is 2.45. The van der Waals surface area contributed by atoms with Crippen LogP contribution < -0.4 is 5.73 Å². The number of hydrogen-bond acceptors (Lipinski definition) is 5. The molecule has 6 nitrogen and oxygen atoms in total. The summed E-state index contributed by atoms with van der Waals surface area (Å²) in [5.41, 5.74) is 6.07. The molecule has 1 aliphatic heterocycles. The number of likely N-dealkylation sites (tertiary alicyclic amines) is 1. The molecule has 1 saturated heterocycles. The molecule has 1 atom stereocenters. The van der Waals surface area contributed by atoms with Crippen LogP contribution in [-0.4, -0.2) is 39.7 Å². The van der Waals surface area contributed by atoms with E-state index in [4.69, 9.17) is 10.5 Å². The first-order chi connectivity index (χ1) is 9.89. The summed E-state index contributed by atoms with van der Waals surface area (Å²) in [6.07, 6.45) is 3.45. The predicted octanol–water partition coefficient (Wildman–Crippen LogP) is 2.47. The van der Waals surface area contributed by atoms with Crippen LogP contribution in [0, 0.1) is 0 Å². The first kappa shape index (κ1) is 18.6. The molecule has 1 unspecified atom stereocenters. The van der Waals surface area contributed by atoms with Gasteiger partial charge in [0.15, 0.2) is 0 Å². The van der Waals surface area contributed by atoms with Gasteiger partial charge in [0.25, 0.3) is 0 Å². The van der Waals surface area contributed by atoms with Crippen molar-refractivity contribution < 1.29 is 9.53 Å². The molecule has 1 aromatic rings. The molecule has 0 spiro atoms. The summed E-state index contributed by atoms with van der Waals surface area (Å²) in [7, 11) is 0. The van der Waals surface area contributed by atoms with E-state index in [0.717, 1.165) is 25.1 Å². The van der Waals surface area contributed by atoms with E-state index in [1.165, 1.54) is 0 Å². The van der Waals surface area contributed by atoms with E-state index in [1.54, 1.807) is 11.1 Å². The number of ether oxygens (including phenoxy) is 1. The number of rotatable bonds is 2. The van der Waals surface area contributed by atoms with Crippen molar-refractivity contribution in [2.24, 2.45) is 5.73 Å². The number of halogens is 1. The van der Waals surface area contributed by atoms with Gasteiger partial charge in [-0.05, 0) is 39.7 Å². The SMILES string of the molecule is CC(C)(C)OC(=O)N1CCCC(c2ccnc(CN)n2)C1.Cl. The number of carbonyl (C=O) groups excluding carboxylic acids is 1. The summed E-state index contributed by atoms with van der Waals surface area (Å²) in [5.74, 6) is 0.862. The summed E-state index contributed by atoms with van der Waals surface area (Å²) in [6.45, 7) is 7.34. The third-order valence-corrected chi connectivity index (χ3v) is 3.40. The second-order valence-electron chi connectivity index (χ2n) is 6.37. The molecule has 1 fully saturated rings. The minimum Gasteiger partial charge on any atom is -0.444 e. The highest BCUT2D eigenvalue weighted by Crippen LogP contribution is 2.26. The van der Waals surface area contributed by atoms with Crippen molar-refractivity contribution in [3.8, 4) is 0 Å². The van der Waals surface area contributed by atoms with E-state index >= 15 is 0 Å². The number of hydrogen-bond donors (Lipinski definition) is 1. The number of nitrogens with zero attached hydrogens (tertiary/aromatic N) is 3. The van der Waals surface area contributed by atoms with Gasteiger partial charge in [-0.3, -0.25) is 0 Å². The van der Waals surface area contributed by atoms with Crippen LogP contribution in [0.3, 0.4) is 0 Å². The van der Waals surface area contributed by atoms with Crippen LogP contribution in [0.5, 0.6) is 0 Å². The molecule has 1 aliphatic rings. The van der Waals surface area contributed by atoms with E-state index in [2.05, 4.69) is 9.97 Å². The van der Waals surface area contributed by atoms with Crippen LogP contribution in [0.25, 0.3) is 0 Å². The summed E-state index contributed by atoms with van der Waals surface area (Å²) >= 11 is 0. The van der Waals surface area contributed by atoms with Crippen LogP contribution in [0.1, 0.15) is 51.0 Å². The van der Waals surface area contributed by atoms with Crippen molar-refractivity contribution in [2.45, 2.75) is 51.7 Å². The maximum atomic E-state index is 12.2. The Kier molecular flexibility index (Phi) is 6.56. The molecule has 1 aromatic heterocycles. The highest BCUT2D eigenvalue weighted by Gasteiger charge is 2.28. The minimum atomic E-state index is -0.467. The zero-order valence-corrected chi connectivity index (χ0v) is 14.2. The lowest BCUT2D eigenvalue weighted by molar-refractivity contribution is 0.0197. The van der Waals surface area contributed by atoms with Crippen molar-refractivity contribution in [2.75, 3.05) is 13.1 Å². The van der Waals surface area contributed by atoms with Gasteiger partial charge in [-0.15, -0.1) is 12.4 Å². The van der Waals surface area contributed by atoms with Crippen LogP contribution in [-0.2, 0) is 11.3 Å². The van der Waals surface area contributed by atoms with Gasteiger partial charge < -0.3 is 15.4 Å². The molecule has 0 bridgehead atoms. The van der Waals surface area contributed by atoms with Gasteiger partial charge in [0.05, 0.1) is 6.54 Å². The molecule has 0 saturated carbocycles. The minimum absolute atomic E-state index is 0. The number of piperidine rings is 1. The second-order valence-corrected chi connectivity index (χ2v) is 6.37. The van der Waals surface area contributed by atoms with Crippen molar-refractivity contribution in [3.63, 3.8) is 0 Å². The Balaban J connectivity index is 0.00000242. The average Bonchev–Trinajstić information content (AvgIpc) is 2.46. The normalized spacial score (nSPS) is 18.5. The Morgan fingerprint density at radius 1 is 1.50 bits per heavy atom. The number of aromatic nitrogens is 2. The van der Waals surface area contributed by atoms with Gasteiger partial charge in [-0.1, -0.05) is 0 Å². The Labute approximate surface area is 137 Å². The summed E-state index contributed by atoms with van der Waals surface area (Å²) in [4.78, 5) is 22.5. The van der Waals surface area contributed by atoms with Crippen molar-refractivity contribution >= 4 is 18.5 Å². The Morgan fingerprint density at radius 2 is 2.23 bits per heavy atom. The summed E-state index contributed by atoms with van der Waals surface area (Å²) in [5, 5.41) is 0. The fraction of sp³-hybridized carbons (Fsp3) is 0.667. The summed E-state index contributed by atoms with van der Waals surface area (Å²) in [6, 6.07) is 1.91. The van der Waals surface area contributed by atoms with Crippen LogP contribution >= 0.6 is 12.4 Å². The zero-order valence-electron chi connectivity index (χ0n) is 13.4. The first-order valence-corrected chi connectivity index (χ1v) is 7.39. The molecule has 22 heavy (non-hydrogen) atoms. The number of carbonyl (C=O) groups is 1. The quantitative estimate of drug-likeness (QED) is 0.902. The fourth-order valence-corrected chi connectivity index (χ4v) is 2.45. The molecular weight excluding hydrogens is 304 g/mol. The topological polar surface area (TPSA) is 81.3 Å². The Morgan fingerprint density at radius 3 is 2.86 bits per heavy atom. The van der Waals surface area contributed by atoms with Gasteiger partial charge >= 0.3 is 6.09 Å². The molecule has 2 heterocycles. The molecule has 0 aliphatic carbocycles. The smallest absolute Gasteiger partial charge is 0.410 e. The molecule has 2 N–H and O–H groups in total. The third-order valence-electron chi connectivity index (χ3n) is 3.40. The lowest BCUT2D eigenvalue weighted by Crippen LogP contribution is -2.42. The first-order valence-electron chi connectivity index (χ1n) is 7.39. The number of nitrogens with two attached hydrogens (primary N) is 1. The zero-order chi connectivity index (χ0) is 15.5. The molecule has 7 heteroatoms. The molecule has 0 aromatic carbocycles. The molecular formula is C15H25ClN4O2. The van der Waals surface area contributed by atoms with E-state index in [-0.39, 0.29) is 24.4 Å². The van der Waals surface area contributed by atoms with E-state index < -0.39 is 5.60 Å². The monoisotopic (exact) mass is 328 g/mol. The average molecular weight is 329 g/mol. The lowest BCUT2D eigenvalue weighted by Gasteiger charge is -2.33. The molecule has 0 radical (unpaired) electrons. The highest BCUT2D eigenvalue weighted by molar-refractivity contribution is 5.85. The van der Waals surface area contributed by atoms with Gasteiger partial charge in [-0.2, -0.15) is 0 Å². The number of amides is 1. The highest BCUT2D eigenvalue weighted by atomic mass is 35.5. The van der Waals surface area contributed by atoms with Gasteiger partial charge in [0.2, 0.25) is 0 Å². The Hall–Kier alpha value is -1.40. The maximum Gasteiger partial charge on any atom is 0.410 e. The lowest BCUT2D eigenvalue weighted by atomic mass is 9.95. The largest absolute Gasteiger partial charge is 0.444 e. The van der Waals surface area contributed by atoms with Gasteiger partial charge in [-0.25, -0.2) is 14.8 Å². The second kappa shape index (κ2) is 7.74. The van der Waals surface area contributed by atoms with Crippen LogP contribution in [0.15, 0.2) is 12.3 Å². The van der Waals surface area contributed by atoms with E-state index in [9.17, 15) is 4.79 Å². The standard InChI is InChI=1S/C15H24N4O2.ClH/c1-15(2,3)21-14(20)19-8-4-5-11(10-19)12-6-7-17-13(9-16)18-12;/h6-7,11H,4-5,8-10,16H2,1-3H3;1H. The van der Waals surface area contributed by atoms with E-state index in [0.29, 0.717) is 18.9 Å². The molecule has 1 amide bonds. The van der Waals surface area contributed by atoms with Crippen LogP contribution in [0.2, 0.25) is 0 Å². The van der Waals surface area contributed by atoms with Gasteiger partial charge in [0, 0.05) is 30.9 Å². The van der Waals surface area contributed by atoms with Crippen molar-refractivity contribution in [1.29, 1.82) is 0 Å². The predicted molar refractivity (Wildman–Crippen MR) is 87.0 cm³/mol.